The van der Waals surface area contributed by atoms with Crippen molar-refractivity contribution in [3.8, 4) is 17.2 Å². The predicted molar refractivity (Wildman–Crippen MR) is 161 cm³/mol. The maximum atomic E-state index is 13.4. The van der Waals surface area contributed by atoms with Crippen LogP contribution in [0.5, 0.6) is 0 Å². The molecule has 10 heteroatoms. The number of rotatable bonds is 6. The number of nitriles is 1. The Bertz CT molecular complexity index is 1780. The smallest absolute Gasteiger partial charge is 0.291 e. The highest BCUT2D eigenvalue weighted by molar-refractivity contribution is 6.34. The summed E-state index contributed by atoms with van der Waals surface area (Å²) in [6.07, 6.45) is 4.85. The molecule has 3 heterocycles. The van der Waals surface area contributed by atoms with E-state index in [1.807, 2.05) is 48.5 Å². The summed E-state index contributed by atoms with van der Waals surface area (Å²) < 4.78 is 3.76. The number of aromatic nitrogens is 4. The van der Waals surface area contributed by atoms with Crippen LogP contribution in [-0.4, -0.2) is 49.3 Å². The minimum absolute atomic E-state index is 0.0778. The second-order valence-corrected chi connectivity index (χ2v) is 11.5. The SMILES string of the molecule is CN1CCc2c(nc(C(=O)Cc3cccc(-c4cccc(NC(=O)c5nc6c(n5C)CCCC6)c4C#N)c3Cl)n2C)C1. The molecular formula is C32H32ClN7O2. The summed E-state index contributed by atoms with van der Waals surface area (Å²) in [5.74, 6) is 0.273. The first-order valence-corrected chi connectivity index (χ1v) is 14.6. The third-order valence-corrected chi connectivity index (χ3v) is 8.86. The Kier molecular flexibility index (Phi) is 7.43. The molecule has 2 aromatic heterocycles. The molecule has 214 valence electrons. The number of halogens is 1. The van der Waals surface area contributed by atoms with Crippen LogP contribution in [0.1, 0.15) is 68.0 Å². The van der Waals surface area contributed by atoms with Crippen LogP contribution in [0.15, 0.2) is 36.4 Å². The molecule has 2 aromatic carbocycles. The second-order valence-electron chi connectivity index (χ2n) is 11.1. The highest BCUT2D eigenvalue weighted by atomic mass is 35.5. The molecule has 0 unspecified atom stereocenters. The van der Waals surface area contributed by atoms with E-state index >= 15 is 0 Å². The normalized spacial score (nSPS) is 14.6. The van der Waals surface area contributed by atoms with Gasteiger partial charge in [-0.1, -0.05) is 41.9 Å². The van der Waals surface area contributed by atoms with Gasteiger partial charge in [0.15, 0.2) is 11.6 Å². The van der Waals surface area contributed by atoms with Gasteiger partial charge in [0.2, 0.25) is 5.78 Å². The van der Waals surface area contributed by atoms with Gasteiger partial charge in [0.05, 0.1) is 27.7 Å². The monoisotopic (exact) mass is 581 g/mol. The molecule has 0 fully saturated rings. The summed E-state index contributed by atoms with van der Waals surface area (Å²) >= 11 is 6.90. The number of carbonyl (C=O) groups excluding carboxylic acids is 2. The van der Waals surface area contributed by atoms with Crippen molar-refractivity contribution in [1.82, 2.24) is 24.0 Å². The molecule has 6 rings (SSSR count). The molecule has 1 N–H and O–H groups in total. The summed E-state index contributed by atoms with van der Waals surface area (Å²) in [6.45, 7) is 1.65. The summed E-state index contributed by atoms with van der Waals surface area (Å²) in [6, 6.07) is 13.0. The molecule has 1 aliphatic carbocycles. The van der Waals surface area contributed by atoms with Gasteiger partial charge in [-0.2, -0.15) is 5.26 Å². The summed E-state index contributed by atoms with van der Waals surface area (Å²) in [5, 5.41) is 13.5. The van der Waals surface area contributed by atoms with Crippen LogP contribution >= 0.6 is 11.6 Å². The molecular weight excluding hydrogens is 550 g/mol. The topological polar surface area (TPSA) is 109 Å². The zero-order valence-electron chi connectivity index (χ0n) is 24.0. The van der Waals surface area contributed by atoms with Crippen LogP contribution in [0.25, 0.3) is 11.1 Å². The molecule has 0 saturated heterocycles. The number of carbonyl (C=O) groups is 2. The third kappa shape index (κ3) is 4.91. The van der Waals surface area contributed by atoms with Crippen molar-refractivity contribution in [2.45, 2.75) is 45.1 Å². The van der Waals surface area contributed by atoms with Gasteiger partial charge >= 0.3 is 0 Å². The summed E-state index contributed by atoms with van der Waals surface area (Å²) in [7, 11) is 5.80. The molecule has 1 aliphatic heterocycles. The quantitative estimate of drug-likeness (QED) is 0.325. The standard InChI is InChI=1S/C32H32ClN7O2/c1-38-15-14-27-25(18-38)36-30(39(27)2)28(41)16-19-8-6-10-21(29(19)33)20-9-7-12-23(22(20)17-34)37-32(42)31-35-24-11-4-5-13-26(24)40(31)3/h6-10,12H,4-5,11,13-16,18H2,1-3H3,(H,37,42). The number of Topliss-reactive ketones (excluding diaryl/α,β-unsaturated/α-hetero) is 1. The number of benzene rings is 2. The van der Waals surface area contributed by atoms with E-state index < -0.39 is 0 Å². The number of aryl methyl sites for hydroxylation is 1. The molecule has 0 saturated carbocycles. The Morgan fingerprint density at radius 1 is 0.929 bits per heavy atom. The van der Waals surface area contributed by atoms with Crippen LogP contribution in [0, 0.1) is 11.3 Å². The molecule has 4 aromatic rings. The van der Waals surface area contributed by atoms with E-state index in [1.165, 1.54) is 0 Å². The van der Waals surface area contributed by atoms with Crippen molar-refractivity contribution in [2.24, 2.45) is 14.1 Å². The fraction of sp³-hybridized carbons (Fsp3) is 0.344. The molecule has 2 aliphatic rings. The van der Waals surface area contributed by atoms with E-state index in [0.717, 1.165) is 68.0 Å². The number of fused-ring (bicyclic) bond motifs is 2. The number of amides is 1. The molecule has 0 radical (unpaired) electrons. The van der Waals surface area contributed by atoms with Crippen molar-refractivity contribution in [3.05, 3.63) is 87.0 Å². The lowest BCUT2D eigenvalue weighted by molar-refractivity contribution is 0.0978. The van der Waals surface area contributed by atoms with Gasteiger partial charge in [0, 0.05) is 62.5 Å². The summed E-state index contributed by atoms with van der Waals surface area (Å²) in [4.78, 5) is 38.1. The van der Waals surface area contributed by atoms with Gasteiger partial charge in [-0.15, -0.1) is 0 Å². The van der Waals surface area contributed by atoms with E-state index in [-0.39, 0.29) is 23.7 Å². The van der Waals surface area contributed by atoms with Gasteiger partial charge in [-0.05, 0) is 44.4 Å². The molecule has 0 atom stereocenters. The lowest BCUT2D eigenvalue weighted by atomic mass is 9.95. The average molecular weight is 582 g/mol. The maximum absolute atomic E-state index is 13.4. The summed E-state index contributed by atoms with van der Waals surface area (Å²) in [5.41, 5.74) is 6.60. The van der Waals surface area contributed by atoms with E-state index in [1.54, 1.807) is 18.2 Å². The van der Waals surface area contributed by atoms with E-state index in [0.29, 0.717) is 39.0 Å². The van der Waals surface area contributed by atoms with Crippen molar-refractivity contribution >= 4 is 29.0 Å². The predicted octanol–water partition coefficient (Wildman–Crippen LogP) is 4.89. The number of imidazole rings is 2. The lowest BCUT2D eigenvalue weighted by Gasteiger charge is -2.21. The Hall–Kier alpha value is -4.26. The minimum atomic E-state index is -0.366. The van der Waals surface area contributed by atoms with Crippen LogP contribution in [0.4, 0.5) is 5.69 Å². The van der Waals surface area contributed by atoms with Crippen LogP contribution < -0.4 is 5.32 Å². The minimum Gasteiger partial charge on any atom is -0.328 e. The first kappa shape index (κ1) is 27.9. The Balaban J connectivity index is 1.28. The van der Waals surface area contributed by atoms with Crippen molar-refractivity contribution in [2.75, 3.05) is 18.9 Å². The molecule has 0 spiro atoms. The highest BCUT2D eigenvalue weighted by Crippen LogP contribution is 2.36. The number of nitrogens with one attached hydrogen (secondary N) is 1. The lowest BCUT2D eigenvalue weighted by Crippen LogP contribution is -2.27. The average Bonchev–Trinajstić information content (AvgIpc) is 3.50. The highest BCUT2D eigenvalue weighted by Gasteiger charge is 2.26. The van der Waals surface area contributed by atoms with Crippen molar-refractivity contribution < 1.29 is 9.59 Å². The number of nitrogens with zero attached hydrogens (tertiary/aromatic N) is 6. The van der Waals surface area contributed by atoms with E-state index in [9.17, 15) is 14.9 Å². The fourth-order valence-corrected chi connectivity index (χ4v) is 6.45. The Morgan fingerprint density at radius 3 is 2.40 bits per heavy atom. The van der Waals surface area contributed by atoms with Gasteiger partial charge in [-0.25, -0.2) is 9.97 Å². The Morgan fingerprint density at radius 2 is 1.62 bits per heavy atom. The number of ketones is 1. The van der Waals surface area contributed by atoms with Gasteiger partial charge < -0.3 is 19.4 Å². The number of anilines is 1. The van der Waals surface area contributed by atoms with Crippen LogP contribution in [-0.2, 0) is 46.3 Å². The van der Waals surface area contributed by atoms with E-state index in [4.69, 9.17) is 11.6 Å². The van der Waals surface area contributed by atoms with Crippen LogP contribution in [0.3, 0.4) is 0 Å². The van der Waals surface area contributed by atoms with Gasteiger partial charge in [0.25, 0.3) is 5.91 Å². The van der Waals surface area contributed by atoms with Crippen LogP contribution in [0.2, 0.25) is 5.02 Å². The maximum Gasteiger partial charge on any atom is 0.291 e. The van der Waals surface area contributed by atoms with Gasteiger partial charge in [-0.3, -0.25) is 9.59 Å². The number of hydrogen-bond acceptors (Lipinski definition) is 6. The molecule has 0 bridgehead atoms. The number of likely N-dealkylation sites (N-methyl/N-ethyl adjacent to an activating group) is 1. The van der Waals surface area contributed by atoms with Crippen molar-refractivity contribution in [3.63, 3.8) is 0 Å². The van der Waals surface area contributed by atoms with E-state index in [2.05, 4.69) is 26.3 Å². The third-order valence-electron chi connectivity index (χ3n) is 8.42. The molecule has 9 nitrogen and oxygen atoms in total. The van der Waals surface area contributed by atoms with Gasteiger partial charge in [0.1, 0.15) is 6.07 Å². The fourth-order valence-electron chi connectivity index (χ4n) is 6.15. The Labute approximate surface area is 249 Å². The van der Waals surface area contributed by atoms with Crippen molar-refractivity contribution in [1.29, 1.82) is 5.26 Å². The molecule has 42 heavy (non-hydrogen) atoms. The number of hydrogen-bond donors (Lipinski definition) is 1. The zero-order valence-corrected chi connectivity index (χ0v) is 24.8. The molecule has 1 amide bonds. The first-order chi connectivity index (χ1) is 20.3. The second kappa shape index (κ2) is 11.2. The largest absolute Gasteiger partial charge is 0.328 e. The first-order valence-electron chi connectivity index (χ1n) is 14.2. The zero-order chi connectivity index (χ0) is 29.5.